The maximum atomic E-state index is 5.92. The molecule has 0 aliphatic rings. The van der Waals surface area contributed by atoms with Gasteiger partial charge in [-0.15, -0.1) is 0 Å². The fourth-order valence-electron chi connectivity index (χ4n) is 1.75. The third-order valence-electron chi connectivity index (χ3n) is 2.91. The lowest BCUT2D eigenvalue weighted by Crippen LogP contribution is -2.22. The van der Waals surface area contributed by atoms with Crippen LogP contribution in [0.5, 0.6) is 0 Å². The Kier molecular flexibility index (Phi) is 6.31. The molecule has 1 rings (SSSR count). The van der Waals surface area contributed by atoms with Gasteiger partial charge in [0.05, 0.1) is 0 Å². The average Bonchev–Trinajstić information content (AvgIpc) is 2.35. The molecule has 0 fully saturated rings. The lowest BCUT2D eigenvalue weighted by Gasteiger charge is -2.20. The second-order valence-electron chi connectivity index (χ2n) is 4.37. The summed E-state index contributed by atoms with van der Waals surface area (Å²) in [6, 6.07) is 8.45. The quantitative estimate of drug-likeness (QED) is 0.691. The molecule has 0 aliphatic heterocycles. The molecule has 0 spiro atoms. The molecule has 1 N–H and O–H groups in total. The van der Waals surface area contributed by atoms with Crippen LogP contribution in [0.1, 0.15) is 44.7 Å². The zero-order valence-electron chi connectivity index (χ0n) is 10.8. The zero-order valence-corrected chi connectivity index (χ0v) is 11.6. The normalized spacial score (nSPS) is 12.4. The van der Waals surface area contributed by atoms with Crippen LogP contribution in [0.3, 0.4) is 0 Å². The third kappa shape index (κ3) is 4.93. The van der Waals surface area contributed by atoms with Gasteiger partial charge in [-0.05, 0) is 43.5 Å². The predicted molar refractivity (Wildman–Crippen MR) is 76.5 cm³/mol. The van der Waals surface area contributed by atoms with E-state index in [1.165, 1.54) is 11.1 Å². The van der Waals surface area contributed by atoms with Crippen LogP contribution in [0.25, 0.3) is 0 Å². The number of nitrogens with one attached hydrogen (secondary N) is 1. The van der Waals surface area contributed by atoms with Crippen molar-refractivity contribution >= 4 is 11.6 Å². The summed E-state index contributed by atoms with van der Waals surface area (Å²) in [7, 11) is 0. The highest BCUT2D eigenvalue weighted by atomic mass is 35.5. The highest BCUT2D eigenvalue weighted by molar-refractivity contribution is 6.30. The Morgan fingerprint density at radius 2 is 1.94 bits per heavy atom. The van der Waals surface area contributed by atoms with Crippen molar-refractivity contribution in [1.82, 2.24) is 5.32 Å². The van der Waals surface area contributed by atoms with Gasteiger partial charge < -0.3 is 5.32 Å². The van der Waals surface area contributed by atoms with Crippen molar-refractivity contribution in [2.24, 2.45) is 0 Å². The molecule has 17 heavy (non-hydrogen) atoms. The summed E-state index contributed by atoms with van der Waals surface area (Å²) in [4.78, 5) is 0. The second kappa shape index (κ2) is 7.52. The van der Waals surface area contributed by atoms with Gasteiger partial charge in [-0.1, -0.05) is 49.7 Å². The molecule has 0 radical (unpaired) electrons. The summed E-state index contributed by atoms with van der Waals surface area (Å²) in [5.74, 6) is 0. The Balaban J connectivity index is 2.74. The minimum absolute atomic E-state index is 0.361. The maximum absolute atomic E-state index is 5.92. The van der Waals surface area contributed by atoms with Crippen LogP contribution in [0.4, 0.5) is 0 Å². The van der Waals surface area contributed by atoms with E-state index in [1.807, 2.05) is 12.1 Å². The van der Waals surface area contributed by atoms with Gasteiger partial charge in [0.25, 0.3) is 0 Å². The van der Waals surface area contributed by atoms with Crippen molar-refractivity contribution in [2.45, 2.75) is 39.2 Å². The Labute approximate surface area is 110 Å². The van der Waals surface area contributed by atoms with Crippen LogP contribution in [-0.4, -0.2) is 6.54 Å². The summed E-state index contributed by atoms with van der Waals surface area (Å²) in [6.45, 7) is 9.47. The second-order valence-corrected chi connectivity index (χ2v) is 4.80. The molecule has 0 bridgehead atoms. The van der Waals surface area contributed by atoms with Crippen molar-refractivity contribution in [3.63, 3.8) is 0 Å². The predicted octanol–water partition coefficient (Wildman–Crippen LogP) is 4.74. The largest absolute Gasteiger partial charge is 0.310 e. The summed E-state index contributed by atoms with van der Waals surface area (Å²) in [5, 5.41) is 4.36. The summed E-state index contributed by atoms with van der Waals surface area (Å²) >= 11 is 5.92. The topological polar surface area (TPSA) is 12.0 Å². The van der Waals surface area contributed by atoms with Crippen molar-refractivity contribution in [3.05, 3.63) is 47.0 Å². The van der Waals surface area contributed by atoms with Crippen LogP contribution >= 0.6 is 11.6 Å². The van der Waals surface area contributed by atoms with E-state index in [4.69, 9.17) is 11.6 Å². The van der Waals surface area contributed by atoms with Crippen molar-refractivity contribution in [2.75, 3.05) is 6.54 Å². The number of hydrogen-bond acceptors (Lipinski definition) is 1. The SMILES string of the molecule is C=C(CC)CC(NCCC)c1ccc(Cl)cc1. The van der Waals surface area contributed by atoms with E-state index < -0.39 is 0 Å². The van der Waals surface area contributed by atoms with Crippen molar-refractivity contribution in [3.8, 4) is 0 Å². The Morgan fingerprint density at radius 3 is 2.47 bits per heavy atom. The van der Waals surface area contributed by atoms with Crippen LogP contribution in [0.2, 0.25) is 5.02 Å². The Morgan fingerprint density at radius 1 is 1.29 bits per heavy atom. The molecule has 0 heterocycles. The van der Waals surface area contributed by atoms with E-state index in [-0.39, 0.29) is 0 Å². The lowest BCUT2D eigenvalue weighted by atomic mass is 9.98. The van der Waals surface area contributed by atoms with Crippen molar-refractivity contribution < 1.29 is 0 Å². The summed E-state index contributed by atoms with van der Waals surface area (Å²) < 4.78 is 0. The molecule has 1 atom stereocenters. The minimum atomic E-state index is 0.361. The molecule has 0 amide bonds. The molecule has 0 saturated heterocycles. The first kappa shape index (κ1) is 14.3. The smallest absolute Gasteiger partial charge is 0.0406 e. The monoisotopic (exact) mass is 251 g/mol. The fraction of sp³-hybridized carbons (Fsp3) is 0.467. The molecule has 0 saturated carbocycles. The van der Waals surface area contributed by atoms with E-state index in [1.54, 1.807) is 0 Å². The Hall–Kier alpha value is -0.790. The van der Waals surface area contributed by atoms with Gasteiger partial charge in [0.2, 0.25) is 0 Å². The molecule has 1 nitrogen and oxygen atoms in total. The highest BCUT2D eigenvalue weighted by Gasteiger charge is 2.11. The molecule has 1 unspecified atom stereocenters. The lowest BCUT2D eigenvalue weighted by molar-refractivity contribution is 0.523. The minimum Gasteiger partial charge on any atom is -0.310 e. The molecule has 0 aromatic heterocycles. The molecule has 2 heteroatoms. The standard InChI is InChI=1S/C15H22ClN/c1-4-10-17-15(11-12(3)5-2)13-6-8-14(16)9-7-13/h6-9,15,17H,3-5,10-11H2,1-2H3. The van der Waals surface area contributed by atoms with E-state index in [9.17, 15) is 0 Å². The van der Waals surface area contributed by atoms with Crippen LogP contribution in [0.15, 0.2) is 36.4 Å². The maximum Gasteiger partial charge on any atom is 0.0406 e. The third-order valence-corrected chi connectivity index (χ3v) is 3.16. The molecular weight excluding hydrogens is 230 g/mol. The van der Waals surface area contributed by atoms with Gasteiger partial charge in [-0.3, -0.25) is 0 Å². The van der Waals surface area contributed by atoms with Gasteiger partial charge in [0, 0.05) is 11.1 Å². The molecule has 0 aliphatic carbocycles. The Bertz CT molecular complexity index is 342. The van der Waals surface area contributed by atoms with Gasteiger partial charge in [-0.2, -0.15) is 0 Å². The molecule has 1 aromatic carbocycles. The van der Waals surface area contributed by atoms with E-state index >= 15 is 0 Å². The first-order valence-corrected chi connectivity index (χ1v) is 6.70. The van der Waals surface area contributed by atoms with Gasteiger partial charge in [0.15, 0.2) is 0 Å². The summed E-state index contributed by atoms with van der Waals surface area (Å²) in [6.07, 6.45) is 3.18. The van der Waals surface area contributed by atoms with Gasteiger partial charge in [0.1, 0.15) is 0 Å². The van der Waals surface area contributed by atoms with Crippen molar-refractivity contribution in [1.29, 1.82) is 0 Å². The van der Waals surface area contributed by atoms with E-state index in [0.29, 0.717) is 6.04 Å². The van der Waals surface area contributed by atoms with E-state index in [0.717, 1.165) is 30.8 Å². The number of rotatable bonds is 7. The first-order chi connectivity index (χ1) is 8.17. The molecule has 94 valence electrons. The highest BCUT2D eigenvalue weighted by Crippen LogP contribution is 2.23. The fourth-order valence-corrected chi connectivity index (χ4v) is 1.88. The van der Waals surface area contributed by atoms with Gasteiger partial charge >= 0.3 is 0 Å². The molecular formula is C15H22ClN. The van der Waals surface area contributed by atoms with E-state index in [2.05, 4.69) is 37.9 Å². The van der Waals surface area contributed by atoms with Crippen LogP contribution in [-0.2, 0) is 0 Å². The van der Waals surface area contributed by atoms with Crippen LogP contribution in [0, 0.1) is 0 Å². The number of hydrogen-bond donors (Lipinski definition) is 1. The zero-order chi connectivity index (χ0) is 12.7. The van der Waals surface area contributed by atoms with Crippen LogP contribution < -0.4 is 5.32 Å². The summed E-state index contributed by atoms with van der Waals surface area (Å²) in [5.41, 5.74) is 2.58. The first-order valence-electron chi connectivity index (χ1n) is 6.32. The average molecular weight is 252 g/mol. The molecule has 1 aromatic rings. The number of halogens is 1. The van der Waals surface area contributed by atoms with Gasteiger partial charge in [-0.25, -0.2) is 0 Å². The number of benzene rings is 1.